The molecule has 1 heteroatoms. The zero-order valence-corrected chi connectivity index (χ0v) is 11.2. The number of hydrogen-bond donors (Lipinski definition) is 1. The standard InChI is InChI=1S/C15H26O/c1-13(2)9-11-10(13)5-7-15(4)12(16)6-8-14(11,15)3/h10-12,16H,5-9H2,1-4H3. The SMILES string of the molecule is CC1(C)CC2C1CCC1(C)C(O)CCC21C. The van der Waals surface area contributed by atoms with Crippen molar-refractivity contribution in [2.45, 2.75) is 65.9 Å². The molecule has 0 spiro atoms. The second-order valence-corrected chi connectivity index (χ2v) is 7.83. The molecule has 0 aromatic heterocycles. The topological polar surface area (TPSA) is 20.2 Å². The first-order valence-electron chi connectivity index (χ1n) is 6.99. The van der Waals surface area contributed by atoms with Gasteiger partial charge in [-0.25, -0.2) is 0 Å². The minimum absolute atomic E-state index is 0.0397. The highest BCUT2D eigenvalue weighted by Gasteiger charge is 2.66. The van der Waals surface area contributed by atoms with Gasteiger partial charge in [0.2, 0.25) is 0 Å². The van der Waals surface area contributed by atoms with Crippen LogP contribution < -0.4 is 0 Å². The zero-order valence-electron chi connectivity index (χ0n) is 11.2. The number of hydrogen-bond acceptors (Lipinski definition) is 1. The van der Waals surface area contributed by atoms with Gasteiger partial charge in [0.05, 0.1) is 6.10 Å². The Kier molecular flexibility index (Phi) is 1.98. The Morgan fingerprint density at radius 2 is 1.50 bits per heavy atom. The minimum atomic E-state index is -0.0397. The summed E-state index contributed by atoms with van der Waals surface area (Å²) in [6, 6.07) is 0. The molecule has 3 aliphatic rings. The summed E-state index contributed by atoms with van der Waals surface area (Å²) < 4.78 is 0. The largest absolute Gasteiger partial charge is 0.393 e. The van der Waals surface area contributed by atoms with Gasteiger partial charge in [-0.2, -0.15) is 0 Å². The molecule has 0 amide bonds. The lowest BCUT2D eigenvalue weighted by Gasteiger charge is -2.66. The summed E-state index contributed by atoms with van der Waals surface area (Å²) in [4.78, 5) is 0. The van der Waals surface area contributed by atoms with Gasteiger partial charge in [0.15, 0.2) is 0 Å². The first-order valence-corrected chi connectivity index (χ1v) is 6.99. The van der Waals surface area contributed by atoms with Crippen LogP contribution in [0.2, 0.25) is 0 Å². The molecule has 3 aliphatic carbocycles. The van der Waals surface area contributed by atoms with Gasteiger partial charge < -0.3 is 5.11 Å². The van der Waals surface area contributed by atoms with E-state index in [0.717, 1.165) is 18.3 Å². The van der Waals surface area contributed by atoms with Gasteiger partial charge >= 0.3 is 0 Å². The number of rotatable bonds is 0. The molecule has 3 rings (SSSR count). The van der Waals surface area contributed by atoms with E-state index in [0.29, 0.717) is 10.8 Å². The Labute approximate surface area is 99.6 Å². The smallest absolute Gasteiger partial charge is 0.0599 e. The summed E-state index contributed by atoms with van der Waals surface area (Å²) >= 11 is 0. The van der Waals surface area contributed by atoms with Crippen LogP contribution in [0.3, 0.4) is 0 Å². The van der Waals surface area contributed by atoms with Crippen LogP contribution in [0.4, 0.5) is 0 Å². The average molecular weight is 222 g/mol. The van der Waals surface area contributed by atoms with E-state index in [1.807, 2.05) is 0 Å². The third kappa shape index (κ3) is 1.02. The highest BCUT2D eigenvalue weighted by Crippen LogP contribution is 2.72. The molecule has 5 unspecified atom stereocenters. The normalized spacial score (nSPS) is 58.7. The first-order chi connectivity index (χ1) is 7.31. The maximum atomic E-state index is 10.3. The van der Waals surface area contributed by atoms with Crippen molar-refractivity contribution in [3.05, 3.63) is 0 Å². The molecule has 0 aromatic rings. The van der Waals surface area contributed by atoms with Crippen LogP contribution in [-0.4, -0.2) is 11.2 Å². The van der Waals surface area contributed by atoms with Gasteiger partial charge in [-0.05, 0) is 60.2 Å². The predicted octanol–water partition coefficient (Wildman–Crippen LogP) is 3.61. The number of aliphatic hydroxyl groups is 1. The number of aliphatic hydroxyl groups excluding tert-OH is 1. The van der Waals surface area contributed by atoms with Crippen molar-refractivity contribution in [3.63, 3.8) is 0 Å². The van der Waals surface area contributed by atoms with E-state index >= 15 is 0 Å². The summed E-state index contributed by atoms with van der Waals surface area (Å²) in [5.74, 6) is 1.81. The fourth-order valence-electron chi connectivity index (χ4n) is 5.44. The van der Waals surface area contributed by atoms with E-state index in [2.05, 4.69) is 27.7 Å². The Bertz CT molecular complexity index is 321. The fourth-order valence-corrected chi connectivity index (χ4v) is 5.44. The van der Waals surface area contributed by atoms with Crippen molar-refractivity contribution in [2.24, 2.45) is 28.1 Å². The van der Waals surface area contributed by atoms with Crippen LogP contribution in [0.5, 0.6) is 0 Å². The van der Waals surface area contributed by atoms with Crippen molar-refractivity contribution in [1.82, 2.24) is 0 Å². The van der Waals surface area contributed by atoms with Gasteiger partial charge in [-0.1, -0.05) is 27.7 Å². The Hall–Kier alpha value is -0.0400. The second kappa shape index (κ2) is 2.85. The van der Waals surface area contributed by atoms with E-state index in [1.165, 1.54) is 25.7 Å². The molecular weight excluding hydrogens is 196 g/mol. The molecular formula is C15H26O. The Morgan fingerprint density at radius 1 is 0.875 bits per heavy atom. The molecule has 0 radical (unpaired) electrons. The van der Waals surface area contributed by atoms with Gasteiger partial charge in [-0.3, -0.25) is 0 Å². The fraction of sp³-hybridized carbons (Fsp3) is 1.00. The molecule has 0 saturated heterocycles. The summed E-state index contributed by atoms with van der Waals surface area (Å²) in [6.07, 6.45) is 6.23. The van der Waals surface area contributed by atoms with Gasteiger partial charge in [-0.15, -0.1) is 0 Å². The second-order valence-electron chi connectivity index (χ2n) is 7.83. The van der Waals surface area contributed by atoms with Crippen LogP contribution in [-0.2, 0) is 0 Å². The zero-order chi connectivity index (χ0) is 11.8. The molecule has 5 atom stereocenters. The van der Waals surface area contributed by atoms with Crippen molar-refractivity contribution in [3.8, 4) is 0 Å². The lowest BCUT2D eigenvalue weighted by Crippen LogP contribution is -2.60. The first kappa shape index (κ1) is 11.1. The van der Waals surface area contributed by atoms with Crippen LogP contribution >= 0.6 is 0 Å². The van der Waals surface area contributed by atoms with E-state index in [9.17, 15) is 5.11 Å². The van der Waals surface area contributed by atoms with Crippen molar-refractivity contribution in [2.75, 3.05) is 0 Å². The third-order valence-corrected chi connectivity index (χ3v) is 7.01. The molecule has 92 valence electrons. The Balaban J connectivity index is 1.95. The molecule has 1 nitrogen and oxygen atoms in total. The predicted molar refractivity (Wildman–Crippen MR) is 66.1 cm³/mol. The summed E-state index contributed by atoms with van der Waals surface area (Å²) in [5, 5.41) is 10.3. The summed E-state index contributed by atoms with van der Waals surface area (Å²) in [6.45, 7) is 9.69. The van der Waals surface area contributed by atoms with E-state index in [4.69, 9.17) is 0 Å². The van der Waals surface area contributed by atoms with Gasteiger partial charge in [0.25, 0.3) is 0 Å². The maximum absolute atomic E-state index is 10.3. The Morgan fingerprint density at radius 3 is 2.12 bits per heavy atom. The highest BCUT2D eigenvalue weighted by molar-refractivity contribution is 5.15. The van der Waals surface area contributed by atoms with Crippen LogP contribution in [0, 0.1) is 28.1 Å². The van der Waals surface area contributed by atoms with E-state index in [-0.39, 0.29) is 11.5 Å². The molecule has 0 heterocycles. The minimum Gasteiger partial charge on any atom is -0.393 e. The monoisotopic (exact) mass is 222 g/mol. The van der Waals surface area contributed by atoms with E-state index < -0.39 is 0 Å². The molecule has 16 heavy (non-hydrogen) atoms. The van der Waals surface area contributed by atoms with Crippen molar-refractivity contribution < 1.29 is 5.11 Å². The molecule has 0 aromatic carbocycles. The molecule has 0 bridgehead atoms. The van der Waals surface area contributed by atoms with Crippen molar-refractivity contribution in [1.29, 1.82) is 0 Å². The third-order valence-electron chi connectivity index (χ3n) is 7.01. The molecule has 0 aliphatic heterocycles. The molecule has 1 N–H and O–H groups in total. The van der Waals surface area contributed by atoms with Crippen LogP contribution in [0.1, 0.15) is 59.8 Å². The quantitative estimate of drug-likeness (QED) is 0.664. The van der Waals surface area contributed by atoms with Crippen molar-refractivity contribution >= 4 is 0 Å². The summed E-state index contributed by atoms with van der Waals surface area (Å²) in [7, 11) is 0. The lowest BCUT2D eigenvalue weighted by molar-refractivity contribution is -0.184. The highest BCUT2D eigenvalue weighted by atomic mass is 16.3. The van der Waals surface area contributed by atoms with Gasteiger partial charge in [0, 0.05) is 0 Å². The molecule has 3 saturated carbocycles. The van der Waals surface area contributed by atoms with Crippen LogP contribution in [0.15, 0.2) is 0 Å². The van der Waals surface area contributed by atoms with Gasteiger partial charge in [0.1, 0.15) is 0 Å². The number of fused-ring (bicyclic) bond motifs is 3. The summed E-state index contributed by atoms with van der Waals surface area (Å²) in [5.41, 5.74) is 1.21. The maximum Gasteiger partial charge on any atom is 0.0599 e. The lowest BCUT2D eigenvalue weighted by atomic mass is 9.39. The van der Waals surface area contributed by atoms with E-state index in [1.54, 1.807) is 0 Å². The average Bonchev–Trinajstić information content (AvgIpc) is 2.41. The molecule has 3 fully saturated rings. The van der Waals surface area contributed by atoms with Crippen LogP contribution in [0.25, 0.3) is 0 Å².